The van der Waals surface area contributed by atoms with Gasteiger partial charge in [-0.2, -0.15) is 0 Å². The second-order valence-electron chi connectivity index (χ2n) is 6.12. The van der Waals surface area contributed by atoms with Crippen molar-refractivity contribution in [1.82, 2.24) is 5.32 Å². The van der Waals surface area contributed by atoms with Crippen LogP contribution in [-0.4, -0.2) is 38.0 Å². The number of likely N-dealkylation sites (N-methyl/N-ethyl adjacent to an activating group) is 1. The highest BCUT2D eigenvalue weighted by Gasteiger charge is 2.05. The molecule has 3 heteroatoms. The van der Waals surface area contributed by atoms with Gasteiger partial charge in [0.25, 0.3) is 0 Å². The number of rotatable bonds is 17. The number of unbranched alkanes of at least 4 members (excludes halogenated alkanes) is 11. The Balaban J connectivity index is 3.08. The van der Waals surface area contributed by atoms with Gasteiger partial charge >= 0.3 is 0 Å². The quantitative estimate of drug-likeness (QED) is 0.394. The molecule has 128 valence electrons. The third kappa shape index (κ3) is 16.1. The van der Waals surface area contributed by atoms with Crippen LogP contribution in [0, 0.1) is 0 Å². The van der Waals surface area contributed by atoms with E-state index >= 15 is 0 Å². The molecule has 0 aromatic heterocycles. The summed E-state index contributed by atoms with van der Waals surface area (Å²) in [4.78, 5) is 0. The Morgan fingerprint density at radius 3 is 1.71 bits per heavy atom. The van der Waals surface area contributed by atoms with E-state index in [1.807, 2.05) is 7.05 Å². The SMILES string of the molecule is CCCCCCCCCCCCCCOC(CO)CNC. The summed E-state index contributed by atoms with van der Waals surface area (Å²) in [6.07, 6.45) is 16.3. The smallest absolute Gasteiger partial charge is 0.0929 e. The van der Waals surface area contributed by atoms with Crippen LogP contribution in [0.1, 0.15) is 84.0 Å². The first-order valence-electron chi connectivity index (χ1n) is 9.22. The molecular weight excluding hydrogens is 262 g/mol. The minimum atomic E-state index is -0.0392. The first-order chi connectivity index (χ1) is 10.3. The van der Waals surface area contributed by atoms with Gasteiger partial charge in [0.2, 0.25) is 0 Å². The Labute approximate surface area is 132 Å². The fourth-order valence-electron chi connectivity index (χ4n) is 2.60. The third-order valence-corrected chi connectivity index (χ3v) is 3.99. The van der Waals surface area contributed by atoms with Crippen LogP contribution in [0.15, 0.2) is 0 Å². The molecule has 0 aromatic rings. The van der Waals surface area contributed by atoms with Crippen LogP contribution in [-0.2, 0) is 4.74 Å². The summed E-state index contributed by atoms with van der Waals surface area (Å²) in [5, 5.41) is 12.1. The van der Waals surface area contributed by atoms with E-state index in [1.165, 1.54) is 70.6 Å². The maximum Gasteiger partial charge on any atom is 0.0929 e. The number of aliphatic hydroxyl groups excluding tert-OH is 1. The Bertz CT molecular complexity index is 188. The van der Waals surface area contributed by atoms with Crippen molar-refractivity contribution in [2.24, 2.45) is 0 Å². The van der Waals surface area contributed by atoms with Crippen LogP contribution in [0.5, 0.6) is 0 Å². The van der Waals surface area contributed by atoms with Crippen LogP contribution in [0.4, 0.5) is 0 Å². The molecule has 0 aliphatic carbocycles. The van der Waals surface area contributed by atoms with Crippen LogP contribution >= 0.6 is 0 Å². The molecule has 3 nitrogen and oxygen atoms in total. The summed E-state index contributed by atoms with van der Waals surface area (Å²) < 4.78 is 5.61. The Morgan fingerprint density at radius 1 is 0.810 bits per heavy atom. The number of hydrogen-bond acceptors (Lipinski definition) is 3. The maximum atomic E-state index is 9.08. The number of nitrogens with one attached hydrogen (secondary N) is 1. The third-order valence-electron chi connectivity index (χ3n) is 3.99. The molecule has 0 spiro atoms. The maximum absolute atomic E-state index is 9.08. The summed E-state index contributed by atoms with van der Waals surface area (Å²) in [6.45, 7) is 3.90. The van der Waals surface area contributed by atoms with Crippen molar-refractivity contribution >= 4 is 0 Å². The molecule has 2 N–H and O–H groups in total. The Morgan fingerprint density at radius 2 is 1.29 bits per heavy atom. The normalized spacial score (nSPS) is 12.7. The summed E-state index contributed by atoms with van der Waals surface area (Å²) in [5.41, 5.74) is 0. The second-order valence-corrected chi connectivity index (χ2v) is 6.12. The molecule has 0 fully saturated rings. The molecule has 0 saturated carbocycles. The summed E-state index contributed by atoms with van der Waals surface area (Å²) in [5.74, 6) is 0. The zero-order chi connectivity index (χ0) is 15.6. The first-order valence-corrected chi connectivity index (χ1v) is 9.22. The molecule has 0 bridgehead atoms. The van der Waals surface area contributed by atoms with Crippen molar-refractivity contribution in [3.05, 3.63) is 0 Å². The van der Waals surface area contributed by atoms with Gasteiger partial charge in [-0.1, -0.05) is 77.6 Å². The van der Waals surface area contributed by atoms with Crippen molar-refractivity contribution in [3.63, 3.8) is 0 Å². The molecule has 1 unspecified atom stereocenters. The van der Waals surface area contributed by atoms with Gasteiger partial charge in [0.05, 0.1) is 12.7 Å². The fraction of sp³-hybridized carbons (Fsp3) is 1.00. The molecule has 0 aliphatic rings. The van der Waals surface area contributed by atoms with Crippen LogP contribution < -0.4 is 5.32 Å². The molecular formula is C18H39NO2. The molecule has 0 saturated heterocycles. The predicted octanol–water partition coefficient (Wildman–Crippen LogP) is 4.28. The monoisotopic (exact) mass is 301 g/mol. The van der Waals surface area contributed by atoms with E-state index in [9.17, 15) is 0 Å². The molecule has 0 radical (unpaired) electrons. The Kier molecular flexibility index (Phi) is 17.8. The minimum Gasteiger partial charge on any atom is -0.394 e. The van der Waals surface area contributed by atoms with Gasteiger partial charge in [-0.05, 0) is 13.5 Å². The summed E-state index contributed by atoms with van der Waals surface area (Å²) >= 11 is 0. The lowest BCUT2D eigenvalue weighted by Gasteiger charge is -2.14. The van der Waals surface area contributed by atoms with E-state index in [1.54, 1.807) is 0 Å². The van der Waals surface area contributed by atoms with Gasteiger partial charge in [-0.3, -0.25) is 0 Å². The van der Waals surface area contributed by atoms with Gasteiger partial charge in [-0.25, -0.2) is 0 Å². The van der Waals surface area contributed by atoms with Gasteiger partial charge in [0.1, 0.15) is 0 Å². The molecule has 0 rings (SSSR count). The number of ether oxygens (including phenoxy) is 1. The molecule has 0 aliphatic heterocycles. The van der Waals surface area contributed by atoms with Crippen molar-refractivity contribution in [2.75, 3.05) is 26.8 Å². The number of hydrogen-bond donors (Lipinski definition) is 2. The molecule has 0 amide bonds. The van der Waals surface area contributed by atoms with E-state index in [0.717, 1.165) is 19.6 Å². The van der Waals surface area contributed by atoms with E-state index in [2.05, 4.69) is 12.2 Å². The van der Waals surface area contributed by atoms with Crippen LogP contribution in [0.2, 0.25) is 0 Å². The van der Waals surface area contributed by atoms with Gasteiger partial charge in [0, 0.05) is 13.2 Å². The molecule has 0 heterocycles. The zero-order valence-corrected chi connectivity index (χ0v) is 14.5. The molecule has 21 heavy (non-hydrogen) atoms. The van der Waals surface area contributed by atoms with E-state index < -0.39 is 0 Å². The predicted molar refractivity (Wildman–Crippen MR) is 91.8 cm³/mol. The topological polar surface area (TPSA) is 41.5 Å². The lowest BCUT2D eigenvalue weighted by molar-refractivity contribution is 0.0130. The highest BCUT2D eigenvalue weighted by atomic mass is 16.5. The van der Waals surface area contributed by atoms with Gasteiger partial charge in [-0.15, -0.1) is 0 Å². The molecule has 0 aromatic carbocycles. The largest absolute Gasteiger partial charge is 0.394 e. The minimum absolute atomic E-state index is 0.0392. The lowest BCUT2D eigenvalue weighted by Crippen LogP contribution is -2.30. The zero-order valence-electron chi connectivity index (χ0n) is 14.5. The summed E-state index contributed by atoms with van der Waals surface area (Å²) in [6, 6.07) is 0. The highest BCUT2D eigenvalue weighted by molar-refractivity contribution is 4.57. The average Bonchev–Trinajstić information content (AvgIpc) is 2.50. The van der Waals surface area contributed by atoms with Crippen LogP contribution in [0.25, 0.3) is 0 Å². The molecule has 1 atom stereocenters. The number of aliphatic hydroxyl groups is 1. The second kappa shape index (κ2) is 17.9. The van der Waals surface area contributed by atoms with E-state index in [0.29, 0.717) is 0 Å². The highest BCUT2D eigenvalue weighted by Crippen LogP contribution is 2.12. The van der Waals surface area contributed by atoms with Crippen molar-refractivity contribution < 1.29 is 9.84 Å². The van der Waals surface area contributed by atoms with Gasteiger partial charge < -0.3 is 15.2 Å². The van der Waals surface area contributed by atoms with Crippen molar-refractivity contribution in [2.45, 2.75) is 90.1 Å². The first kappa shape index (κ1) is 20.9. The standard InChI is InChI=1S/C18H39NO2/c1-3-4-5-6-7-8-9-10-11-12-13-14-15-21-18(17-20)16-19-2/h18-20H,3-17H2,1-2H3. The lowest BCUT2D eigenvalue weighted by atomic mass is 10.1. The fourth-order valence-corrected chi connectivity index (χ4v) is 2.60. The van der Waals surface area contributed by atoms with Crippen LogP contribution in [0.3, 0.4) is 0 Å². The van der Waals surface area contributed by atoms with Gasteiger partial charge in [0.15, 0.2) is 0 Å². The van der Waals surface area contributed by atoms with E-state index in [-0.39, 0.29) is 12.7 Å². The average molecular weight is 302 g/mol. The summed E-state index contributed by atoms with van der Waals surface area (Å²) in [7, 11) is 1.88. The Hall–Kier alpha value is -0.120. The van der Waals surface area contributed by atoms with E-state index in [4.69, 9.17) is 9.84 Å². The van der Waals surface area contributed by atoms with Crippen molar-refractivity contribution in [3.8, 4) is 0 Å². The van der Waals surface area contributed by atoms with Crippen molar-refractivity contribution in [1.29, 1.82) is 0 Å².